The minimum atomic E-state index is -0.311. The molecule has 0 bridgehead atoms. The van der Waals surface area contributed by atoms with Gasteiger partial charge in [0, 0.05) is 72.6 Å². The molecule has 1 aliphatic carbocycles. The van der Waals surface area contributed by atoms with Crippen LogP contribution in [0.4, 0.5) is 10.3 Å². The number of aromatic nitrogens is 8. The van der Waals surface area contributed by atoms with Gasteiger partial charge in [0.25, 0.3) is 11.8 Å². The van der Waals surface area contributed by atoms with E-state index in [0.29, 0.717) is 69.5 Å². The van der Waals surface area contributed by atoms with E-state index in [0.717, 1.165) is 29.8 Å². The van der Waals surface area contributed by atoms with Crippen LogP contribution in [-0.4, -0.2) is 68.6 Å². The summed E-state index contributed by atoms with van der Waals surface area (Å²) in [7, 11) is 0. The molecule has 1 atom stereocenters. The number of nitrogens with zero attached hydrogens (tertiary/aromatic N) is 9. The molecule has 2 aliphatic rings. The molecule has 2 fully saturated rings. The second kappa shape index (κ2) is 17.8. The summed E-state index contributed by atoms with van der Waals surface area (Å²) in [5.74, 6) is -0.517. The van der Waals surface area contributed by atoms with Gasteiger partial charge in [-0.1, -0.05) is 19.3 Å². The molecule has 1 saturated carbocycles. The molecule has 13 nitrogen and oxygen atoms in total. The Labute approximate surface area is 349 Å². The lowest BCUT2D eigenvalue weighted by Crippen LogP contribution is -2.36. The molecule has 59 heavy (non-hydrogen) atoms. The highest BCUT2D eigenvalue weighted by atomic mass is 32.1. The van der Waals surface area contributed by atoms with Crippen molar-refractivity contribution in [1.82, 2.24) is 44.2 Å². The number of hydrogen-bond donors (Lipinski definition) is 2. The number of anilines is 2. The van der Waals surface area contributed by atoms with Crippen molar-refractivity contribution in [2.45, 2.75) is 70.1 Å². The standard InChI is InChI=1S/C44H43N11O2S2/c56-41(50-44-49-37(29-59-44)38-10-6-23-55(38)34-8-2-1-3-9-34)39-11-5-22-53(39)27-31-16-21-46-36(25-31)35-17-24-54(26-30-14-19-45-20-15-30)40(35)42(57)51-43-48-33(28-58-43)13-12-32-7-4-18-47-52-32/h4-5,7,11-22,24-25,28-29,34,38H,1-3,6,8-10,23,26-27H2,(H,48,51,57)(H,49,50,56)/b13-12-/t38-/m1/s1. The van der Waals surface area contributed by atoms with Crippen molar-refractivity contribution in [2.75, 3.05) is 17.2 Å². The predicted molar refractivity (Wildman–Crippen MR) is 231 cm³/mol. The van der Waals surface area contributed by atoms with Gasteiger partial charge >= 0.3 is 0 Å². The van der Waals surface area contributed by atoms with Crippen LogP contribution in [0.25, 0.3) is 23.4 Å². The number of amides is 2. The van der Waals surface area contributed by atoms with Crippen LogP contribution in [0.3, 0.4) is 0 Å². The number of thiazole rings is 2. The minimum absolute atomic E-state index is 0.206. The highest BCUT2D eigenvalue weighted by Gasteiger charge is 2.34. The van der Waals surface area contributed by atoms with Gasteiger partial charge in [0.05, 0.1) is 28.8 Å². The zero-order valence-electron chi connectivity index (χ0n) is 32.4. The van der Waals surface area contributed by atoms with Gasteiger partial charge in [-0.25, -0.2) is 9.97 Å². The topological polar surface area (TPSA) is 149 Å². The number of pyridine rings is 2. The zero-order chi connectivity index (χ0) is 40.0. The van der Waals surface area contributed by atoms with E-state index < -0.39 is 0 Å². The molecule has 8 heterocycles. The second-order valence-electron chi connectivity index (χ2n) is 14.9. The van der Waals surface area contributed by atoms with Crippen LogP contribution in [0.15, 0.2) is 103 Å². The monoisotopic (exact) mass is 821 g/mol. The number of hydrogen-bond acceptors (Lipinski definition) is 11. The highest BCUT2D eigenvalue weighted by molar-refractivity contribution is 7.14. The van der Waals surface area contributed by atoms with E-state index in [-0.39, 0.29) is 11.8 Å². The van der Waals surface area contributed by atoms with Gasteiger partial charge in [-0.05, 0) is 110 Å². The summed E-state index contributed by atoms with van der Waals surface area (Å²) in [6.07, 6.45) is 23.1. The van der Waals surface area contributed by atoms with E-state index in [1.807, 2.05) is 93.7 Å². The lowest BCUT2D eigenvalue weighted by molar-refractivity contribution is 0.101. The fraction of sp³-hybridized carbons (Fsp3) is 0.273. The molecular formula is C44H43N11O2S2. The fourth-order valence-corrected chi connectivity index (χ4v) is 9.61. The first-order chi connectivity index (χ1) is 29.0. The summed E-state index contributed by atoms with van der Waals surface area (Å²) in [6.45, 7) is 2.01. The number of carbonyl (C=O) groups is 2. The Morgan fingerprint density at radius 3 is 2.41 bits per heavy atom. The first-order valence-corrected chi connectivity index (χ1v) is 21.7. The lowest BCUT2D eigenvalue weighted by atomic mass is 9.93. The number of likely N-dealkylation sites (tertiary alicyclic amines) is 1. The molecule has 2 amide bonds. The van der Waals surface area contributed by atoms with Crippen LogP contribution in [0.5, 0.6) is 0 Å². The van der Waals surface area contributed by atoms with E-state index in [9.17, 15) is 9.59 Å². The van der Waals surface area contributed by atoms with E-state index in [1.165, 1.54) is 61.2 Å². The van der Waals surface area contributed by atoms with E-state index in [1.54, 1.807) is 24.8 Å². The zero-order valence-corrected chi connectivity index (χ0v) is 34.0. The fourth-order valence-electron chi connectivity index (χ4n) is 8.19. The molecular weight excluding hydrogens is 779 g/mol. The van der Waals surface area contributed by atoms with Gasteiger partial charge in [0.1, 0.15) is 11.4 Å². The first kappa shape index (κ1) is 38.4. The van der Waals surface area contributed by atoms with Crippen LogP contribution in [-0.2, 0) is 13.1 Å². The average molecular weight is 822 g/mol. The molecule has 0 unspecified atom stereocenters. The van der Waals surface area contributed by atoms with Gasteiger partial charge in [-0.2, -0.15) is 10.2 Å². The van der Waals surface area contributed by atoms with Crippen molar-refractivity contribution in [1.29, 1.82) is 0 Å². The maximum absolute atomic E-state index is 14.1. The summed E-state index contributed by atoms with van der Waals surface area (Å²) < 4.78 is 3.83. The van der Waals surface area contributed by atoms with Crippen molar-refractivity contribution in [3.05, 3.63) is 142 Å². The lowest BCUT2D eigenvalue weighted by Gasteiger charge is -2.34. The van der Waals surface area contributed by atoms with Crippen LogP contribution in [0.2, 0.25) is 0 Å². The van der Waals surface area contributed by atoms with Crippen LogP contribution in [0.1, 0.15) is 100 Å². The van der Waals surface area contributed by atoms with Crippen molar-refractivity contribution in [3.8, 4) is 11.3 Å². The third-order valence-corrected chi connectivity index (χ3v) is 12.5. The third kappa shape index (κ3) is 8.97. The molecule has 2 N–H and O–H groups in total. The van der Waals surface area contributed by atoms with Crippen molar-refractivity contribution in [3.63, 3.8) is 0 Å². The van der Waals surface area contributed by atoms with Crippen LogP contribution in [0, 0.1) is 0 Å². The highest BCUT2D eigenvalue weighted by Crippen LogP contribution is 2.38. The Morgan fingerprint density at radius 2 is 1.54 bits per heavy atom. The first-order valence-electron chi connectivity index (χ1n) is 20.0. The third-order valence-electron chi connectivity index (χ3n) is 11.0. The molecule has 15 heteroatoms. The molecule has 298 valence electrons. The van der Waals surface area contributed by atoms with Crippen LogP contribution >= 0.6 is 22.7 Å². The smallest absolute Gasteiger partial charge is 0.274 e. The van der Waals surface area contributed by atoms with Gasteiger partial charge in [0.2, 0.25) is 0 Å². The Balaban J connectivity index is 0.915. The summed E-state index contributed by atoms with van der Waals surface area (Å²) in [4.78, 5) is 48.9. The van der Waals surface area contributed by atoms with Crippen molar-refractivity contribution < 1.29 is 9.59 Å². The molecule has 1 saturated heterocycles. The molecule has 7 aromatic rings. The Kier molecular flexibility index (Phi) is 11.6. The van der Waals surface area contributed by atoms with Gasteiger partial charge in [-0.3, -0.25) is 35.1 Å². The van der Waals surface area contributed by atoms with E-state index in [2.05, 4.69) is 41.1 Å². The van der Waals surface area contributed by atoms with Crippen LogP contribution < -0.4 is 10.6 Å². The Morgan fingerprint density at radius 1 is 0.746 bits per heavy atom. The van der Waals surface area contributed by atoms with Crippen molar-refractivity contribution >= 4 is 56.9 Å². The minimum Gasteiger partial charge on any atom is -0.339 e. The Bertz CT molecular complexity index is 2550. The number of carbonyl (C=O) groups excluding carboxylic acids is 2. The summed E-state index contributed by atoms with van der Waals surface area (Å²) in [5, 5.41) is 19.1. The number of rotatable bonds is 13. The number of nitrogens with one attached hydrogen (secondary N) is 2. The predicted octanol–water partition coefficient (Wildman–Crippen LogP) is 8.69. The summed E-state index contributed by atoms with van der Waals surface area (Å²) in [5.41, 5.74) is 6.67. The average Bonchev–Trinajstić information content (AvgIpc) is 4.13. The second-order valence-corrected chi connectivity index (χ2v) is 16.6. The molecule has 7 aromatic heterocycles. The molecule has 0 aromatic carbocycles. The molecule has 9 rings (SSSR count). The SMILES string of the molecule is O=C(Nc1nc([C@H]2CCCN2C2CCCCC2)cs1)c1cccn1Cc1ccnc(-c2ccn(Cc3ccncc3)c2C(=O)Nc2nc(/C=C\c3cccnn3)cs2)c1. The van der Waals surface area contributed by atoms with Gasteiger partial charge in [-0.15, -0.1) is 22.7 Å². The normalized spacial score (nSPS) is 16.2. The summed E-state index contributed by atoms with van der Waals surface area (Å²) >= 11 is 2.83. The van der Waals surface area contributed by atoms with E-state index in [4.69, 9.17) is 9.97 Å². The largest absolute Gasteiger partial charge is 0.339 e. The maximum Gasteiger partial charge on any atom is 0.274 e. The molecule has 0 spiro atoms. The molecule has 1 aliphatic heterocycles. The van der Waals surface area contributed by atoms with E-state index >= 15 is 0 Å². The van der Waals surface area contributed by atoms with Gasteiger partial charge in [0.15, 0.2) is 10.3 Å². The molecule has 0 radical (unpaired) electrons. The Hall–Kier alpha value is -6.16. The van der Waals surface area contributed by atoms with Crippen molar-refractivity contribution in [2.24, 2.45) is 0 Å². The quantitative estimate of drug-likeness (QED) is 0.117. The summed E-state index contributed by atoms with van der Waals surface area (Å²) in [6, 6.07) is 18.0. The van der Waals surface area contributed by atoms with Gasteiger partial charge < -0.3 is 9.13 Å². The maximum atomic E-state index is 14.1.